The molecule has 0 atom stereocenters. The molecular formula is C13H10F2N4. The monoisotopic (exact) mass is 260 g/mol. The number of benzene rings is 2. The van der Waals surface area contributed by atoms with E-state index in [1.807, 2.05) is 0 Å². The number of nitrogens with one attached hydrogen (secondary N) is 2. The van der Waals surface area contributed by atoms with Crippen molar-refractivity contribution < 1.29 is 8.78 Å². The molecule has 0 spiro atoms. The van der Waals surface area contributed by atoms with Crippen molar-refractivity contribution in [2.45, 2.75) is 0 Å². The van der Waals surface area contributed by atoms with Crippen LogP contribution in [0.15, 0.2) is 36.4 Å². The number of aromatic amines is 1. The smallest absolute Gasteiger partial charge is 0.205 e. The normalized spacial score (nSPS) is 10.8. The van der Waals surface area contributed by atoms with E-state index in [0.717, 1.165) is 11.6 Å². The molecular weight excluding hydrogens is 250 g/mol. The molecule has 0 amide bonds. The van der Waals surface area contributed by atoms with E-state index in [4.69, 9.17) is 5.73 Å². The van der Waals surface area contributed by atoms with Crippen molar-refractivity contribution in [3.8, 4) is 0 Å². The third-order valence-electron chi connectivity index (χ3n) is 2.63. The molecule has 0 bridgehead atoms. The molecule has 2 aromatic carbocycles. The average Bonchev–Trinajstić information content (AvgIpc) is 2.68. The standard InChI is InChI=1S/C13H10F2N4/c14-7-3-8(15)5-10(4-7)17-13-18-11-2-1-9(16)6-12(11)19-13/h1-6H,16H2,(H2,17,18,19). The number of H-pyrrole nitrogens is 1. The number of nitrogen functional groups attached to an aromatic ring is 1. The van der Waals surface area contributed by atoms with Gasteiger partial charge in [0.05, 0.1) is 11.0 Å². The van der Waals surface area contributed by atoms with Crippen molar-refractivity contribution in [3.63, 3.8) is 0 Å². The Labute approximate surface area is 107 Å². The lowest BCUT2D eigenvalue weighted by Gasteiger charge is -2.02. The summed E-state index contributed by atoms with van der Waals surface area (Å²) in [5, 5.41) is 2.81. The Bertz CT molecular complexity index is 731. The van der Waals surface area contributed by atoms with Gasteiger partial charge in [-0.25, -0.2) is 13.8 Å². The van der Waals surface area contributed by atoms with Crippen molar-refractivity contribution >= 4 is 28.4 Å². The zero-order valence-corrected chi connectivity index (χ0v) is 9.74. The number of nitrogens with zero attached hydrogens (tertiary/aromatic N) is 1. The minimum absolute atomic E-state index is 0.282. The highest BCUT2D eigenvalue weighted by atomic mass is 19.1. The Morgan fingerprint density at radius 3 is 2.53 bits per heavy atom. The number of anilines is 3. The van der Waals surface area contributed by atoms with E-state index in [9.17, 15) is 8.78 Å². The van der Waals surface area contributed by atoms with E-state index in [0.29, 0.717) is 17.2 Å². The molecule has 0 saturated carbocycles. The molecule has 4 N–H and O–H groups in total. The summed E-state index contributed by atoms with van der Waals surface area (Å²) in [5.41, 5.74) is 8.02. The molecule has 0 aliphatic carbocycles. The lowest BCUT2D eigenvalue weighted by Crippen LogP contribution is -1.94. The van der Waals surface area contributed by atoms with Crippen LogP contribution >= 0.6 is 0 Å². The summed E-state index contributed by atoms with van der Waals surface area (Å²) in [7, 11) is 0. The Hall–Kier alpha value is -2.63. The topological polar surface area (TPSA) is 66.7 Å². The maximum Gasteiger partial charge on any atom is 0.205 e. The van der Waals surface area contributed by atoms with E-state index in [1.54, 1.807) is 18.2 Å². The van der Waals surface area contributed by atoms with Crippen LogP contribution in [0.2, 0.25) is 0 Å². The van der Waals surface area contributed by atoms with Crippen LogP contribution in [0.5, 0.6) is 0 Å². The van der Waals surface area contributed by atoms with Crippen LogP contribution in [0.4, 0.5) is 26.1 Å². The quantitative estimate of drug-likeness (QED) is 0.620. The van der Waals surface area contributed by atoms with Gasteiger partial charge in [-0.15, -0.1) is 0 Å². The van der Waals surface area contributed by atoms with E-state index in [-0.39, 0.29) is 5.69 Å². The van der Waals surface area contributed by atoms with E-state index in [2.05, 4.69) is 15.3 Å². The fraction of sp³-hybridized carbons (Fsp3) is 0. The van der Waals surface area contributed by atoms with Crippen molar-refractivity contribution in [1.29, 1.82) is 0 Å². The number of imidazole rings is 1. The lowest BCUT2D eigenvalue weighted by molar-refractivity contribution is 0.584. The van der Waals surface area contributed by atoms with Crippen molar-refractivity contribution in [2.75, 3.05) is 11.1 Å². The molecule has 6 heteroatoms. The van der Waals surface area contributed by atoms with Gasteiger partial charge in [0.1, 0.15) is 11.6 Å². The second kappa shape index (κ2) is 4.24. The van der Waals surface area contributed by atoms with Crippen LogP contribution in [-0.4, -0.2) is 9.97 Å². The first-order valence-corrected chi connectivity index (χ1v) is 5.58. The number of fused-ring (bicyclic) bond motifs is 1. The number of hydrogen-bond acceptors (Lipinski definition) is 3. The number of nitrogens with two attached hydrogens (primary N) is 1. The van der Waals surface area contributed by atoms with Crippen LogP contribution in [0.25, 0.3) is 11.0 Å². The first-order valence-electron chi connectivity index (χ1n) is 5.58. The Morgan fingerprint density at radius 2 is 1.79 bits per heavy atom. The van der Waals surface area contributed by atoms with Crippen molar-refractivity contribution in [1.82, 2.24) is 9.97 Å². The Balaban J connectivity index is 1.96. The summed E-state index contributed by atoms with van der Waals surface area (Å²) < 4.78 is 26.1. The van der Waals surface area contributed by atoms with Gasteiger partial charge in [-0.05, 0) is 30.3 Å². The van der Waals surface area contributed by atoms with Gasteiger partial charge in [0, 0.05) is 17.4 Å². The highest BCUT2D eigenvalue weighted by Crippen LogP contribution is 2.21. The molecule has 0 aliphatic heterocycles. The fourth-order valence-electron chi connectivity index (χ4n) is 1.85. The average molecular weight is 260 g/mol. The maximum absolute atomic E-state index is 13.1. The van der Waals surface area contributed by atoms with Gasteiger partial charge in [0.2, 0.25) is 5.95 Å². The van der Waals surface area contributed by atoms with Gasteiger partial charge in [-0.2, -0.15) is 0 Å². The molecule has 0 fully saturated rings. The number of aromatic nitrogens is 2. The van der Waals surface area contributed by atoms with E-state index >= 15 is 0 Å². The molecule has 0 saturated heterocycles. The maximum atomic E-state index is 13.1. The van der Waals surface area contributed by atoms with E-state index in [1.165, 1.54) is 12.1 Å². The third kappa shape index (κ3) is 2.33. The molecule has 1 heterocycles. The summed E-state index contributed by atoms with van der Waals surface area (Å²) in [6.45, 7) is 0. The lowest BCUT2D eigenvalue weighted by atomic mass is 10.3. The molecule has 3 rings (SSSR count). The minimum atomic E-state index is -0.650. The Morgan fingerprint density at radius 1 is 1.05 bits per heavy atom. The highest BCUT2D eigenvalue weighted by molar-refractivity contribution is 5.81. The van der Waals surface area contributed by atoms with Gasteiger partial charge in [-0.3, -0.25) is 0 Å². The molecule has 0 radical (unpaired) electrons. The molecule has 4 nitrogen and oxygen atoms in total. The summed E-state index contributed by atoms with van der Waals surface area (Å²) in [6.07, 6.45) is 0. The molecule has 19 heavy (non-hydrogen) atoms. The van der Waals surface area contributed by atoms with Crippen molar-refractivity contribution in [3.05, 3.63) is 48.0 Å². The largest absolute Gasteiger partial charge is 0.399 e. The number of hydrogen-bond donors (Lipinski definition) is 3. The minimum Gasteiger partial charge on any atom is -0.399 e. The van der Waals surface area contributed by atoms with Gasteiger partial charge in [-0.1, -0.05) is 0 Å². The predicted molar refractivity (Wildman–Crippen MR) is 70.1 cm³/mol. The number of halogens is 2. The van der Waals surface area contributed by atoms with Crippen LogP contribution in [0, 0.1) is 11.6 Å². The number of rotatable bonds is 2. The van der Waals surface area contributed by atoms with Crippen LogP contribution in [-0.2, 0) is 0 Å². The molecule has 0 aliphatic rings. The zero-order valence-electron chi connectivity index (χ0n) is 9.74. The highest BCUT2D eigenvalue weighted by Gasteiger charge is 2.05. The second-order valence-corrected chi connectivity index (χ2v) is 4.15. The van der Waals surface area contributed by atoms with Crippen LogP contribution in [0.1, 0.15) is 0 Å². The van der Waals surface area contributed by atoms with Crippen LogP contribution in [0.3, 0.4) is 0 Å². The molecule has 1 aromatic heterocycles. The molecule has 3 aromatic rings. The summed E-state index contributed by atoms with van der Waals surface area (Å²) in [6, 6.07) is 8.41. The second-order valence-electron chi connectivity index (χ2n) is 4.15. The summed E-state index contributed by atoms with van der Waals surface area (Å²) in [4.78, 5) is 7.22. The zero-order chi connectivity index (χ0) is 13.4. The van der Waals surface area contributed by atoms with Gasteiger partial charge in [0.25, 0.3) is 0 Å². The first-order chi connectivity index (χ1) is 9.10. The SMILES string of the molecule is Nc1ccc2nc(Nc3cc(F)cc(F)c3)[nH]c2c1. The van der Waals surface area contributed by atoms with Gasteiger partial charge >= 0.3 is 0 Å². The van der Waals surface area contributed by atoms with Gasteiger partial charge in [0.15, 0.2) is 0 Å². The summed E-state index contributed by atoms with van der Waals surface area (Å²) >= 11 is 0. The summed E-state index contributed by atoms with van der Waals surface area (Å²) in [5.74, 6) is -0.906. The molecule has 96 valence electrons. The van der Waals surface area contributed by atoms with E-state index < -0.39 is 11.6 Å². The molecule has 0 unspecified atom stereocenters. The third-order valence-corrected chi connectivity index (χ3v) is 2.63. The Kier molecular flexibility index (Phi) is 2.56. The van der Waals surface area contributed by atoms with Gasteiger partial charge < -0.3 is 16.0 Å². The first kappa shape index (κ1) is 11.5. The van der Waals surface area contributed by atoms with Crippen molar-refractivity contribution in [2.24, 2.45) is 0 Å². The predicted octanol–water partition coefficient (Wildman–Crippen LogP) is 3.17. The van der Waals surface area contributed by atoms with Crippen LogP contribution < -0.4 is 11.1 Å². The fourth-order valence-corrected chi connectivity index (χ4v) is 1.85.